The Kier molecular flexibility index (Phi) is 30.4. The van der Waals surface area contributed by atoms with Crippen LogP contribution in [-0.2, 0) is 28.5 Å². The van der Waals surface area contributed by atoms with Crippen LogP contribution in [0, 0.1) is 0 Å². The minimum absolute atomic E-state index is 0.219. The van der Waals surface area contributed by atoms with E-state index < -0.39 is 49.4 Å². The molecule has 0 spiro atoms. The van der Waals surface area contributed by atoms with Crippen molar-refractivity contribution in [2.45, 2.75) is 205 Å². The maximum atomic E-state index is 12.7. The van der Waals surface area contributed by atoms with Crippen molar-refractivity contribution in [2.24, 2.45) is 0 Å². The minimum atomic E-state index is -1.59. The van der Waals surface area contributed by atoms with Gasteiger partial charge in [-0.2, -0.15) is 0 Å². The fourth-order valence-electron chi connectivity index (χ4n) is 6.00. The van der Waals surface area contributed by atoms with E-state index >= 15 is 0 Å². The van der Waals surface area contributed by atoms with Gasteiger partial charge in [-0.1, -0.05) is 115 Å². The highest BCUT2D eigenvalue weighted by molar-refractivity contribution is 5.70. The number of hydrogen-bond acceptors (Lipinski definition) is 10. The number of carbonyl (C=O) groups excluding carboxylic acids is 2. The van der Waals surface area contributed by atoms with E-state index in [4.69, 9.17) is 18.9 Å². The molecule has 0 aromatic carbocycles. The number of esters is 2. The SMILES string of the molecule is CCCCC/C=C/CCCCCCCC(=O)OC[C@H](CO[C@@H]1O[C@H](CO)[C@H](O)C(O)C1O)OC(=O)CCCCCCC/C=C/CCCCCCC. The van der Waals surface area contributed by atoms with E-state index in [0.29, 0.717) is 12.8 Å². The van der Waals surface area contributed by atoms with Gasteiger partial charge in [0.1, 0.15) is 31.0 Å². The third-order valence-electron chi connectivity index (χ3n) is 9.31. The van der Waals surface area contributed by atoms with Crippen LogP contribution in [0.2, 0.25) is 0 Å². The Morgan fingerprint density at radius 3 is 1.57 bits per heavy atom. The van der Waals surface area contributed by atoms with Crippen molar-refractivity contribution in [2.75, 3.05) is 19.8 Å². The van der Waals surface area contributed by atoms with Crippen molar-refractivity contribution in [3.63, 3.8) is 0 Å². The van der Waals surface area contributed by atoms with Crippen LogP contribution >= 0.6 is 0 Å². The molecule has 1 heterocycles. The highest BCUT2D eigenvalue weighted by Gasteiger charge is 2.44. The summed E-state index contributed by atoms with van der Waals surface area (Å²) in [5, 5.41) is 39.9. The molecule has 10 heteroatoms. The van der Waals surface area contributed by atoms with Gasteiger partial charge in [0, 0.05) is 12.8 Å². The lowest BCUT2D eigenvalue weighted by atomic mass is 9.99. The predicted octanol–water partition coefficient (Wildman–Crippen LogP) is 7.77. The first-order valence-corrected chi connectivity index (χ1v) is 20.4. The average Bonchev–Trinajstić information content (AvgIpc) is 3.13. The number of aliphatic hydroxyl groups is 4. The zero-order valence-electron chi connectivity index (χ0n) is 32.1. The number of allylic oxidation sites excluding steroid dienone is 4. The first-order valence-electron chi connectivity index (χ1n) is 20.4. The van der Waals surface area contributed by atoms with E-state index in [-0.39, 0.29) is 32.0 Å². The molecule has 1 aliphatic heterocycles. The second-order valence-corrected chi connectivity index (χ2v) is 14.1. The van der Waals surface area contributed by atoms with Crippen molar-refractivity contribution in [3.8, 4) is 0 Å². The molecule has 1 aliphatic rings. The fraction of sp³-hybridized carbons (Fsp3) is 0.854. The van der Waals surface area contributed by atoms with Crippen LogP contribution < -0.4 is 0 Å². The molecule has 0 aliphatic carbocycles. The monoisotopic (exact) mass is 727 g/mol. The smallest absolute Gasteiger partial charge is 0.306 e. The van der Waals surface area contributed by atoms with Crippen molar-refractivity contribution < 1.29 is 49.0 Å². The molecule has 1 saturated heterocycles. The third kappa shape index (κ3) is 24.9. The maximum absolute atomic E-state index is 12.7. The average molecular weight is 727 g/mol. The number of hydrogen-bond donors (Lipinski definition) is 4. The van der Waals surface area contributed by atoms with E-state index in [1.165, 1.54) is 51.4 Å². The molecule has 1 fully saturated rings. The summed E-state index contributed by atoms with van der Waals surface area (Å²) in [4.78, 5) is 25.2. The van der Waals surface area contributed by atoms with Crippen LogP contribution in [0.25, 0.3) is 0 Å². The van der Waals surface area contributed by atoms with Crippen LogP contribution in [0.5, 0.6) is 0 Å². The first-order chi connectivity index (χ1) is 24.8. The molecular formula is C41H74O10. The van der Waals surface area contributed by atoms with Gasteiger partial charge in [-0.25, -0.2) is 0 Å². The van der Waals surface area contributed by atoms with Crippen LogP contribution in [0.3, 0.4) is 0 Å². The molecule has 0 amide bonds. The van der Waals surface area contributed by atoms with Gasteiger partial charge in [0.15, 0.2) is 12.4 Å². The van der Waals surface area contributed by atoms with Gasteiger partial charge in [-0.3, -0.25) is 9.59 Å². The summed E-state index contributed by atoms with van der Waals surface area (Å²) in [5.41, 5.74) is 0. The van der Waals surface area contributed by atoms with Crippen LogP contribution in [0.4, 0.5) is 0 Å². The van der Waals surface area contributed by atoms with E-state index in [0.717, 1.165) is 77.0 Å². The molecule has 51 heavy (non-hydrogen) atoms. The standard InChI is InChI=1S/C41H74O10/c1-3-5-7-9-11-13-15-17-18-20-22-24-26-28-30-37(44)50-34(33-49-41-40(47)39(46)38(45)35(31-42)51-41)32-48-36(43)29-27-25-23-21-19-16-14-12-10-8-6-4-2/h12,14-15,17,34-35,38-42,45-47H,3-11,13,16,18-33H2,1-2H3/b14-12+,17-15+/t34-,35-,38+,39?,40?,41-/m1/s1. The lowest BCUT2D eigenvalue weighted by molar-refractivity contribution is -0.305. The first kappa shape index (κ1) is 47.2. The molecule has 0 saturated carbocycles. The Morgan fingerprint density at radius 2 is 1.04 bits per heavy atom. The molecule has 2 unspecified atom stereocenters. The molecule has 10 nitrogen and oxygen atoms in total. The summed E-state index contributed by atoms with van der Waals surface area (Å²) in [6.07, 6.45) is 26.1. The highest BCUT2D eigenvalue weighted by Crippen LogP contribution is 2.22. The molecule has 0 aromatic rings. The van der Waals surface area contributed by atoms with Gasteiger partial charge < -0.3 is 39.4 Å². The van der Waals surface area contributed by atoms with Crippen molar-refractivity contribution in [1.29, 1.82) is 0 Å². The van der Waals surface area contributed by atoms with E-state index in [1.807, 2.05) is 0 Å². The van der Waals surface area contributed by atoms with Gasteiger partial charge in [0.05, 0.1) is 13.2 Å². The summed E-state index contributed by atoms with van der Waals surface area (Å²) in [6.45, 7) is 3.36. The molecule has 4 N–H and O–H groups in total. The van der Waals surface area contributed by atoms with Crippen LogP contribution in [0.1, 0.15) is 168 Å². The molecule has 6 atom stereocenters. The molecular weight excluding hydrogens is 652 g/mol. The maximum Gasteiger partial charge on any atom is 0.306 e. The fourth-order valence-corrected chi connectivity index (χ4v) is 6.00. The summed E-state index contributed by atoms with van der Waals surface area (Å²) in [5.74, 6) is -0.827. The summed E-state index contributed by atoms with van der Waals surface area (Å²) < 4.78 is 22.1. The number of rotatable bonds is 33. The van der Waals surface area contributed by atoms with Crippen molar-refractivity contribution in [1.82, 2.24) is 0 Å². The topological polar surface area (TPSA) is 152 Å². The largest absolute Gasteiger partial charge is 0.462 e. The zero-order valence-corrected chi connectivity index (χ0v) is 32.1. The zero-order chi connectivity index (χ0) is 37.4. The lowest BCUT2D eigenvalue weighted by Gasteiger charge is -2.39. The molecule has 0 radical (unpaired) electrons. The summed E-state index contributed by atoms with van der Waals surface area (Å²) in [6, 6.07) is 0. The number of aliphatic hydroxyl groups excluding tert-OH is 4. The minimum Gasteiger partial charge on any atom is -0.462 e. The second-order valence-electron chi connectivity index (χ2n) is 14.1. The van der Waals surface area contributed by atoms with Crippen molar-refractivity contribution in [3.05, 3.63) is 24.3 Å². The Balaban J connectivity index is 2.39. The lowest BCUT2D eigenvalue weighted by Crippen LogP contribution is -2.59. The number of unbranched alkanes of at least 4 members (excludes halogenated alkanes) is 18. The normalized spacial score (nSPS) is 21.4. The molecule has 0 aromatic heterocycles. The Morgan fingerprint density at radius 1 is 0.588 bits per heavy atom. The summed E-state index contributed by atoms with van der Waals surface area (Å²) in [7, 11) is 0. The summed E-state index contributed by atoms with van der Waals surface area (Å²) >= 11 is 0. The number of carbonyl (C=O) groups is 2. The third-order valence-corrected chi connectivity index (χ3v) is 9.31. The molecule has 1 rings (SSSR count). The van der Waals surface area contributed by atoms with E-state index in [1.54, 1.807) is 0 Å². The Bertz CT molecular complexity index is 892. The van der Waals surface area contributed by atoms with Gasteiger partial charge >= 0.3 is 11.9 Å². The van der Waals surface area contributed by atoms with Gasteiger partial charge in [0.2, 0.25) is 0 Å². The number of ether oxygens (including phenoxy) is 4. The predicted molar refractivity (Wildman–Crippen MR) is 201 cm³/mol. The van der Waals surface area contributed by atoms with E-state index in [9.17, 15) is 30.0 Å². The van der Waals surface area contributed by atoms with Crippen LogP contribution in [0.15, 0.2) is 24.3 Å². The van der Waals surface area contributed by atoms with E-state index in [2.05, 4.69) is 38.2 Å². The second kappa shape index (κ2) is 32.8. The molecule has 0 bridgehead atoms. The van der Waals surface area contributed by atoms with Crippen molar-refractivity contribution >= 4 is 11.9 Å². The van der Waals surface area contributed by atoms with Gasteiger partial charge in [0.25, 0.3) is 0 Å². The molecule has 298 valence electrons. The Labute approximate surface area is 309 Å². The quantitative estimate of drug-likeness (QED) is 0.0300. The Hall–Kier alpha value is -1.82. The van der Waals surface area contributed by atoms with Crippen LogP contribution in [-0.4, -0.2) is 89.0 Å². The highest BCUT2D eigenvalue weighted by atomic mass is 16.7. The van der Waals surface area contributed by atoms with Gasteiger partial charge in [-0.15, -0.1) is 0 Å². The van der Waals surface area contributed by atoms with Gasteiger partial charge in [-0.05, 0) is 64.2 Å².